The summed E-state index contributed by atoms with van der Waals surface area (Å²) >= 11 is 0. The highest BCUT2D eigenvalue weighted by Crippen LogP contribution is 2.30. The summed E-state index contributed by atoms with van der Waals surface area (Å²) in [5.41, 5.74) is 8.74. The predicted molar refractivity (Wildman–Crippen MR) is 174 cm³/mol. The van der Waals surface area contributed by atoms with Crippen LogP contribution in [-0.2, 0) is 4.79 Å². The summed E-state index contributed by atoms with van der Waals surface area (Å²) in [7, 11) is 5.33. The Hall–Kier alpha value is -6.01. The maximum Gasteiger partial charge on any atom is 0.255 e. The summed E-state index contributed by atoms with van der Waals surface area (Å²) in [5, 5.41) is 9.50. The zero-order valence-electron chi connectivity index (χ0n) is 24.9. The van der Waals surface area contributed by atoms with Crippen molar-refractivity contribution in [1.82, 2.24) is 19.4 Å². The van der Waals surface area contributed by atoms with Gasteiger partial charge in [0.1, 0.15) is 0 Å². The number of hydrogen-bond acceptors (Lipinski definition) is 8. The van der Waals surface area contributed by atoms with Crippen molar-refractivity contribution in [3.05, 3.63) is 108 Å². The number of amides is 3. The molecular weight excluding hydrogens is 572 g/mol. The van der Waals surface area contributed by atoms with Crippen LogP contribution in [0.15, 0.2) is 97.3 Å². The van der Waals surface area contributed by atoms with E-state index in [2.05, 4.69) is 25.9 Å². The lowest BCUT2D eigenvalue weighted by Crippen LogP contribution is -2.14. The van der Waals surface area contributed by atoms with Crippen LogP contribution in [0.1, 0.15) is 20.7 Å². The Morgan fingerprint density at radius 2 is 1.69 bits per heavy atom. The van der Waals surface area contributed by atoms with E-state index < -0.39 is 5.91 Å². The maximum atomic E-state index is 13.1. The van der Waals surface area contributed by atoms with Crippen molar-refractivity contribution < 1.29 is 19.1 Å². The molecule has 45 heavy (non-hydrogen) atoms. The van der Waals surface area contributed by atoms with Gasteiger partial charge in [0.05, 0.1) is 24.4 Å². The largest absolute Gasteiger partial charge is 0.491 e. The van der Waals surface area contributed by atoms with Gasteiger partial charge >= 0.3 is 0 Å². The average Bonchev–Trinajstić information content (AvgIpc) is 3.41. The van der Waals surface area contributed by atoms with E-state index in [1.165, 1.54) is 19.4 Å². The molecule has 3 amide bonds. The molecule has 0 radical (unpaired) electrons. The first kappa shape index (κ1) is 30.4. The Balaban J connectivity index is 1.33. The summed E-state index contributed by atoms with van der Waals surface area (Å²) in [6.45, 7) is 0.637. The minimum absolute atomic E-state index is 0.260. The van der Waals surface area contributed by atoms with Gasteiger partial charge in [-0.05, 0) is 56.6 Å². The van der Waals surface area contributed by atoms with Gasteiger partial charge in [-0.15, -0.1) is 0 Å². The van der Waals surface area contributed by atoms with Crippen molar-refractivity contribution >= 4 is 51.6 Å². The zero-order valence-corrected chi connectivity index (χ0v) is 24.9. The summed E-state index contributed by atoms with van der Waals surface area (Å²) < 4.78 is 7.25. The number of carbonyl (C=O) groups is 3. The topological polar surface area (TPSA) is 156 Å². The van der Waals surface area contributed by atoms with Crippen molar-refractivity contribution in [1.29, 1.82) is 0 Å². The minimum Gasteiger partial charge on any atom is -0.491 e. The molecule has 2 aromatic heterocycles. The Labute approximate surface area is 259 Å². The van der Waals surface area contributed by atoms with Crippen LogP contribution in [0.2, 0.25) is 0 Å². The van der Waals surface area contributed by atoms with Gasteiger partial charge in [-0.3, -0.25) is 19.0 Å². The SMILES string of the molecule is COc1cnc(Nc2cccc(NC(=O)c3cccc(NC(=O)C=CCN(C)C)c3)c2)nc1-n1cc(C(N)=O)c2ccccc21. The Kier molecular flexibility index (Phi) is 9.15. The van der Waals surface area contributed by atoms with Crippen molar-refractivity contribution in [3.8, 4) is 11.6 Å². The fourth-order valence-electron chi connectivity index (χ4n) is 4.59. The van der Waals surface area contributed by atoms with Gasteiger partial charge in [-0.2, -0.15) is 4.98 Å². The molecule has 12 nitrogen and oxygen atoms in total. The Morgan fingerprint density at radius 3 is 2.44 bits per heavy atom. The van der Waals surface area contributed by atoms with Crippen LogP contribution >= 0.6 is 0 Å². The number of nitrogens with two attached hydrogens (primary N) is 1. The minimum atomic E-state index is -0.556. The van der Waals surface area contributed by atoms with Crippen LogP contribution in [0, 0.1) is 0 Å². The van der Waals surface area contributed by atoms with Crippen molar-refractivity contribution in [2.75, 3.05) is 43.7 Å². The standard InChI is InChI=1S/C33H32N8O4/c1-40(2)16-8-15-29(42)36-22-10-6-9-21(17-22)32(44)37-23-11-7-12-24(18-23)38-33-35-19-28(45-3)31(39-33)41-20-26(30(34)43)25-13-4-5-14-27(25)41/h4-15,17-20H,16H2,1-3H3,(H2,34,43)(H,36,42)(H,37,44)(H,35,38,39). The molecule has 0 aliphatic rings. The number of nitrogens with zero attached hydrogens (tertiary/aromatic N) is 4. The number of para-hydroxylation sites is 1. The van der Waals surface area contributed by atoms with E-state index in [-0.39, 0.29) is 17.8 Å². The first-order chi connectivity index (χ1) is 21.7. The van der Waals surface area contributed by atoms with Gasteiger partial charge in [0.2, 0.25) is 11.9 Å². The first-order valence-electron chi connectivity index (χ1n) is 13.9. The molecule has 0 saturated carbocycles. The fourth-order valence-corrected chi connectivity index (χ4v) is 4.59. The third-order valence-corrected chi connectivity index (χ3v) is 6.67. The number of carbonyl (C=O) groups excluding carboxylic acids is 3. The molecule has 0 aliphatic heterocycles. The van der Waals surface area contributed by atoms with E-state index >= 15 is 0 Å². The molecule has 0 fully saturated rings. The van der Waals surface area contributed by atoms with Gasteiger partial charge in [0, 0.05) is 46.8 Å². The number of hydrogen-bond donors (Lipinski definition) is 4. The van der Waals surface area contributed by atoms with E-state index in [0.29, 0.717) is 51.7 Å². The number of likely N-dealkylation sites (N-methyl/N-ethyl adjacent to an activating group) is 1. The monoisotopic (exact) mass is 604 g/mol. The van der Waals surface area contributed by atoms with Crippen LogP contribution in [0.3, 0.4) is 0 Å². The van der Waals surface area contributed by atoms with Gasteiger partial charge in [-0.1, -0.05) is 36.4 Å². The summed E-state index contributed by atoms with van der Waals surface area (Å²) in [5.74, 6) is -0.130. The van der Waals surface area contributed by atoms with E-state index in [9.17, 15) is 14.4 Å². The Morgan fingerprint density at radius 1 is 0.956 bits per heavy atom. The molecule has 0 bridgehead atoms. The number of aromatic nitrogens is 3. The van der Waals surface area contributed by atoms with E-state index in [1.807, 2.05) is 43.3 Å². The molecule has 3 aromatic carbocycles. The lowest BCUT2D eigenvalue weighted by Gasteiger charge is -2.13. The van der Waals surface area contributed by atoms with Crippen molar-refractivity contribution in [2.45, 2.75) is 0 Å². The third kappa shape index (κ3) is 7.32. The molecule has 0 unspecified atom stereocenters. The highest BCUT2D eigenvalue weighted by molar-refractivity contribution is 6.07. The molecule has 0 atom stereocenters. The normalized spacial score (nSPS) is 11.1. The molecule has 228 valence electrons. The number of rotatable bonds is 11. The summed E-state index contributed by atoms with van der Waals surface area (Å²) in [6, 6.07) is 21.1. The van der Waals surface area contributed by atoms with E-state index in [1.54, 1.807) is 65.4 Å². The average molecular weight is 605 g/mol. The van der Waals surface area contributed by atoms with Gasteiger partial charge < -0.3 is 31.3 Å². The predicted octanol–water partition coefficient (Wildman–Crippen LogP) is 4.58. The van der Waals surface area contributed by atoms with E-state index in [0.717, 1.165) is 5.52 Å². The lowest BCUT2D eigenvalue weighted by molar-refractivity contribution is -0.111. The third-order valence-electron chi connectivity index (χ3n) is 6.67. The molecule has 0 spiro atoms. The quantitative estimate of drug-likeness (QED) is 0.160. The van der Waals surface area contributed by atoms with E-state index in [4.69, 9.17) is 10.5 Å². The fraction of sp³-hybridized carbons (Fsp3) is 0.121. The summed E-state index contributed by atoms with van der Waals surface area (Å²) in [6.07, 6.45) is 6.37. The number of ether oxygens (including phenoxy) is 1. The van der Waals surface area contributed by atoms with Crippen LogP contribution in [-0.4, -0.2) is 64.9 Å². The second kappa shape index (κ2) is 13.5. The number of nitrogens with one attached hydrogen (secondary N) is 3. The highest BCUT2D eigenvalue weighted by Gasteiger charge is 2.18. The van der Waals surface area contributed by atoms with Crippen molar-refractivity contribution in [2.24, 2.45) is 5.73 Å². The molecule has 12 heteroatoms. The lowest BCUT2D eigenvalue weighted by atomic mass is 10.1. The number of fused-ring (bicyclic) bond motifs is 1. The molecule has 0 aliphatic carbocycles. The zero-order chi connectivity index (χ0) is 31.9. The molecular formula is C33H32N8O4. The summed E-state index contributed by atoms with van der Waals surface area (Å²) in [4.78, 5) is 48.4. The second-order valence-electron chi connectivity index (χ2n) is 10.3. The highest BCUT2D eigenvalue weighted by atomic mass is 16.5. The molecule has 2 heterocycles. The maximum absolute atomic E-state index is 13.1. The van der Waals surface area contributed by atoms with Gasteiger partial charge in [0.25, 0.3) is 11.8 Å². The Bertz CT molecular complexity index is 1910. The van der Waals surface area contributed by atoms with Crippen LogP contribution in [0.5, 0.6) is 5.75 Å². The molecule has 5 N–H and O–H groups in total. The van der Waals surface area contributed by atoms with Gasteiger partial charge in [-0.25, -0.2) is 4.98 Å². The number of primary amides is 1. The van der Waals surface area contributed by atoms with Crippen LogP contribution in [0.25, 0.3) is 16.7 Å². The molecule has 0 saturated heterocycles. The van der Waals surface area contributed by atoms with Crippen molar-refractivity contribution in [3.63, 3.8) is 0 Å². The van der Waals surface area contributed by atoms with Gasteiger partial charge in [0.15, 0.2) is 11.6 Å². The number of anilines is 4. The molecule has 5 rings (SSSR count). The molecule has 5 aromatic rings. The van der Waals surface area contributed by atoms with Crippen LogP contribution < -0.4 is 26.4 Å². The smallest absolute Gasteiger partial charge is 0.255 e. The second-order valence-corrected chi connectivity index (χ2v) is 10.3. The van der Waals surface area contributed by atoms with Crippen LogP contribution in [0.4, 0.5) is 23.0 Å². The number of methoxy groups -OCH3 is 1. The first-order valence-corrected chi connectivity index (χ1v) is 13.9. The number of benzene rings is 3.